The number of carbonyl (C=O) groups is 1. The third-order valence-electron chi connectivity index (χ3n) is 4.89. The molecule has 0 fully saturated rings. The molecule has 0 spiro atoms. The summed E-state index contributed by atoms with van der Waals surface area (Å²) < 4.78 is 12.4. The first-order valence-corrected chi connectivity index (χ1v) is 11.1. The monoisotopic (exact) mass is 536 g/mol. The van der Waals surface area contributed by atoms with E-state index in [0.29, 0.717) is 23.7 Å². The van der Waals surface area contributed by atoms with Crippen LogP contribution in [-0.4, -0.2) is 19.2 Å². The van der Waals surface area contributed by atoms with Gasteiger partial charge in [0.1, 0.15) is 6.61 Å². The number of nitrogens with one attached hydrogen (secondary N) is 1. The lowest BCUT2D eigenvalue weighted by atomic mass is 10.0. The number of fused-ring (bicyclic) bond motifs is 1. The minimum absolute atomic E-state index is 0.262. The Bertz CT molecular complexity index is 1270. The van der Waals surface area contributed by atoms with E-state index in [2.05, 4.69) is 33.1 Å². The smallest absolute Gasteiger partial charge is 0.271 e. The largest absolute Gasteiger partial charge is 0.493 e. The highest BCUT2D eigenvalue weighted by molar-refractivity contribution is 14.1. The fourth-order valence-corrected chi connectivity index (χ4v) is 4.11. The Balaban J connectivity index is 1.47. The van der Waals surface area contributed by atoms with E-state index < -0.39 is 0 Å². The van der Waals surface area contributed by atoms with E-state index in [1.807, 2.05) is 78.9 Å². The van der Waals surface area contributed by atoms with Crippen LogP contribution in [0.15, 0.2) is 90.0 Å². The molecular formula is C26H21IN2O3. The lowest BCUT2D eigenvalue weighted by molar-refractivity contribution is 0.0957. The van der Waals surface area contributed by atoms with Crippen LogP contribution in [0.3, 0.4) is 0 Å². The first-order chi connectivity index (χ1) is 15.7. The molecule has 0 aliphatic rings. The summed E-state index contributed by atoms with van der Waals surface area (Å²) in [6.07, 6.45) is 1.59. The maximum atomic E-state index is 12.6. The molecule has 0 saturated carbocycles. The number of amides is 1. The van der Waals surface area contributed by atoms with E-state index in [1.54, 1.807) is 19.4 Å². The predicted molar refractivity (Wildman–Crippen MR) is 135 cm³/mol. The summed E-state index contributed by atoms with van der Waals surface area (Å²) >= 11 is 2.21. The zero-order chi connectivity index (χ0) is 22.3. The van der Waals surface area contributed by atoms with Gasteiger partial charge in [-0.3, -0.25) is 4.79 Å². The molecule has 0 aliphatic heterocycles. The second-order valence-corrected chi connectivity index (χ2v) is 8.20. The van der Waals surface area contributed by atoms with E-state index in [-0.39, 0.29) is 5.91 Å². The lowest BCUT2D eigenvalue weighted by Gasteiger charge is -2.13. The van der Waals surface area contributed by atoms with Gasteiger partial charge in [0.2, 0.25) is 0 Å². The van der Waals surface area contributed by atoms with Crippen LogP contribution in [0, 0.1) is 3.57 Å². The molecule has 6 heteroatoms. The highest BCUT2D eigenvalue weighted by atomic mass is 127. The number of hydrogen-bond acceptors (Lipinski definition) is 4. The van der Waals surface area contributed by atoms with Crippen molar-refractivity contribution in [2.75, 3.05) is 7.11 Å². The highest BCUT2D eigenvalue weighted by Gasteiger charge is 2.12. The molecule has 1 amide bonds. The Morgan fingerprint density at radius 2 is 1.75 bits per heavy atom. The number of hydrogen-bond donors (Lipinski definition) is 1. The molecule has 1 N–H and O–H groups in total. The summed E-state index contributed by atoms with van der Waals surface area (Å²) in [5.41, 5.74) is 5.06. The van der Waals surface area contributed by atoms with Gasteiger partial charge in [0.25, 0.3) is 5.91 Å². The Hall–Kier alpha value is -3.39. The molecule has 0 atom stereocenters. The molecule has 0 heterocycles. The number of methoxy groups -OCH3 is 1. The summed E-state index contributed by atoms with van der Waals surface area (Å²) in [6, 6.07) is 27.1. The van der Waals surface area contributed by atoms with Gasteiger partial charge in [0.05, 0.1) is 16.9 Å². The summed E-state index contributed by atoms with van der Waals surface area (Å²) in [6.45, 7) is 0.446. The van der Waals surface area contributed by atoms with E-state index in [9.17, 15) is 4.79 Å². The van der Waals surface area contributed by atoms with Gasteiger partial charge in [-0.25, -0.2) is 5.43 Å². The van der Waals surface area contributed by atoms with Crippen LogP contribution in [0.1, 0.15) is 21.5 Å². The van der Waals surface area contributed by atoms with Gasteiger partial charge in [-0.2, -0.15) is 5.10 Å². The number of ether oxygens (including phenoxy) is 2. The molecule has 4 rings (SSSR count). The van der Waals surface area contributed by atoms with Crippen molar-refractivity contribution in [2.24, 2.45) is 5.10 Å². The van der Waals surface area contributed by atoms with Crippen LogP contribution in [0.4, 0.5) is 0 Å². The zero-order valence-corrected chi connectivity index (χ0v) is 19.6. The third-order valence-corrected chi connectivity index (χ3v) is 5.69. The molecule has 5 nitrogen and oxygen atoms in total. The van der Waals surface area contributed by atoms with Crippen molar-refractivity contribution in [3.05, 3.63) is 105 Å². The number of nitrogens with zero attached hydrogens (tertiary/aromatic N) is 1. The van der Waals surface area contributed by atoms with Crippen molar-refractivity contribution in [1.82, 2.24) is 5.43 Å². The molecule has 0 bridgehead atoms. The first-order valence-electron chi connectivity index (χ1n) is 10.0. The van der Waals surface area contributed by atoms with Gasteiger partial charge in [-0.1, -0.05) is 66.7 Å². The van der Waals surface area contributed by atoms with Gasteiger partial charge in [-0.05, 0) is 62.7 Å². The predicted octanol–water partition coefficient (Wildman–Crippen LogP) is 5.80. The number of hydrazone groups is 1. The number of carbonyl (C=O) groups excluding carboxylic acids is 1. The van der Waals surface area contributed by atoms with Crippen molar-refractivity contribution in [3.63, 3.8) is 0 Å². The molecular weight excluding hydrogens is 515 g/mol. The standard InChI is InChI=1S/C26H21IN2O3/c1-31-24-15-19(14-23(27)25(24)32-17-18-8-3-2-4-9-18)16-28-29-26(30)22-13-7-11-20-10-5-6-12-21(20)22/h2-16H,17H2,1H3,(H,29,30)/b28-16-. The van der Waals surface area contributed by atoms with Crippen molar-refractivity contribution < 1.29 is 14.3 Å². The highest BCUT2D eigenvalue weighted by Crippen LogP contribution is 2.34. The Morgan fingerprint density at radius 3 is 2.56 bits per heavy atom. The third kappa shape index (κ3) is 5.08. The van der Waals surface area contributed by atoms with E-state index in [0.717, 1.165) is 25.5 Å². The SMILES string of the molecule is COc1cc(/C=N\NC(=O)c2cccc3ccccc23)cc(I)c1OCc1ccccc1. The molecule has 32 heavy (non-hydrogen) atoms. The second-order valence-electron chi connectivity index (χ2n) is 7.03. The number of rotatable bonds is 7. The van der Waals surface area contributed by atoms with Crippen molar-refractivity contribution in [2.45, 2.75) is 6.61 Å². The van der Waals surface area contributed by atoms with Gasteiger partial charge >= 0.3 is 0 Å². The normalized spacial score (nSPS) is 10.9. The Labute approximate surface area is 200 Å². The minimum atomic E-state index is -0.262. The van der Waals surface area contributed by atoms with Gasteiger partial charge in [-0.15, -0.1) is 0 Å². The van der Waals surface area contributed by atoms with Crippen LogP contribution >= 0.6 is 22.6 Å². The van der Waals surface area contributed by atoms with Crippen LogP contribution in [0.25, 0.3) is 10.8 Å². The summed E-state index contributed by atoms with van der Waals surface area (Å²) in [5.74, 6) is 1.02. The quantitative estimate of drug-likeness (QED) is 0.185. The molecule has 160 valence electrons. The molecule has 0 radical (unpaired) electrons. The molecule has 0 aromatic heterocycles. The maximum absolute atomic E-state index is 12.6. The molecule has 0 unspecified atom stereocenters. The van der Waals surface area contributed by atoms with E-state index in [4.69, 9.17) is 9.47 Å². The topological polar surface area (TPSA) is 59.9 Å². The van der Waals surface area contributed by atoms with Crippen molar-refractivity contribution in [1.29, 1.82) is 0 Å². The first kappa shape index (κ1) is 21.8. The van der Waals surface area contributed by atoms with Crippen molar-refractivity contribution in [3.8, 4) is 11.5 Å². The summed E-state index contributed by atoms with van der Waals surface area (Å²) in [5, 5.41) is 6.04. The van der Waals surface area contributed by atoms with Gasteiger partial charge < -0.3 is 9.47 Å². The minimum Gasteiger partial charge on any atom is -0.493 e. The molecule has 0 saturated heterocycles. The number of benzene rings is 4. The van der Waals surface area contributed by atoms with Crippen LogP contribution in [0.2, 0.25) is 0 Å². The molecule has 4 aromatic rings. The zero-order valence-electron chi connectivity index (χ0n) is 17.4. The summed E-state index contributed by atoms with van der Waals surface area (Å²) in [4.78, 5) is 12.6. The average Bonchev–Trinajstić information content (AvgIpc) is 2.83. The van der Waals surface area contributed by atoms with Gasteiger partial charge in [0, 0.05) is 5.56 Å². The van der Waals surface area contributed by atoms with E-state index >= 15 is 0 Å². The Kier molecular flexibility index (Phi) is 7.01. The second kappa shape index (κ2) is 10.3. The fourth-order valence-electron chi connectivity index (χ4n) is 3.33. The summed E-state index contributed by atoms with van der Waals surface area (Å²) in [7, 11) is 1.60. The van der Waals surface area contributed by atoms with Gasteiger partial charge in [0.15, 0.2) is 11.5 Å². The Morgan fingerprint density at radius 1 is 1.00 bits per heavy atom. The van der Waals surface area contributed by atoms with Crippen LogP contribution in [0.5, 0.6) is 11.5 Å². The van der Waals surface area contributed by atoms with E-state index in [1.165, 1.54) is 0 Å². The number of halogens is 1. The van der Waals surface area contributed by atoms with Crippen LogP contribution in [-0.2, 0) is 6.61 Å². The van der Waals surface area contributed by atoms with Crippen molar-refractivity contribution >= 4 is 45.5 Å². The average molecular weight is 536 g/mol. The molecule has 0 aliphatic carbocycles. The fraction of sp³-hybridized carbons (Fsp3) is 0.0769. The molecule has 4 aromatic carbocycles. The van der Waals surface area contributed by atoms with Crippen LogP contribution < -0.4 is 14.9 Å². The maximum Gasteiger partial charge on any atom is 0.271 e. The lowest BCUT2D eigenvalue weighted by Crippen LogP contribution is -2.17.